The molecule has 1 aromatic heterocycles. The Morgan fingerprint density at radius 3 is 2.77 bits per heavy atom. The van der Waals surface area contributed by atoms with E-state index in [1.807, 2.05) is 28.8 Å². The fraction of sp³-hybridized carbons (Fsp3) is 0.389. The number of nitrogens with zero attached hydrogens (tertiary/aromatic N) is 4. The molecule has 0 unspecified atom stereocenters. The van der Waals surface area contributed by atoms with E-state index < -0.39 is 0 Å². The maximum Gasteiger partial charge on any atom is 0.232 e. The first-order chi connectivity index (χ1) is 12.6. The van der Waals surface area contributed by atoms with Crippen molar-refractivity contribution in [2.45, 2.75) is 18.1 Å². The quantitative estimate of drug-likeness (QED) is 0.351. The Bertz CT molecular complexity index is 733. The average Bonchev–Trinajstić information content (AvgIpc) is 3.03. The summed E-state index contributed by atoms with van der Waals surface area (Å²) >= 11 is 7.33. The van der Waals surface area contributed by atoms with Crippen LogP contribution in [0.1, 0.15) is 6.42 Å². The first-order valence-corrected chi connectivity index (χ1v) is 9.59. The van der Waals surface area contributed by atoms with Crippen LogP contribution in [0.15, 0.2) is 42.1 Å². The topological polar surface area (TPSA) is 60.2 Å². The number of aromatic nitrogens is 3. The fourth-order valence-electron chi connectivity index (χ4n) is 2.31. The second kappa shape index (κ2) is 10.4. The predicted octanol–water partition coefficient (Wildman–Crippen LogP) is 3.37. The van der Waals surface area contributed by atoms with E-state index >= 15 is 0 Å². The summed E-state index contributed by atoms with van der Waals surface area (Å²) in [6.07, 6.45) is 2.60. The molecule has 1 amide bonds. The van der Waals surface area contributed by atoms with Gasteiger partial charge in [0.15, 0.2) is 11.0 Å². The molecule has 0 spiro atoms. The summed E-state index contributed by atoms with van der Waals surface area (Å²) in [7, 11) is 3.45. The van der Waals surface area contributed by atoms with Gasteiger partial charge in [0.25, 0.3) is 0 Å². The lowest BCUT2D eigenvalue weighted by molar-refractivity contribution is -0.127. The average molecular weight is 395 g/mol. The van der Waals surface area contributed by atoms with Crippen molar-refractivity contribution >= 4 is 29.3 Å². The molecule has 1 heterocycles. The summed E-state index contributed by atoms with van der Waals surface area (Å²) in [6.45, 7) is 5.67. The third-order valence-corrected chi connectivity index (χ3v) is 4.93. The van der Waals surface area contributed by atoms with Crippen LogP contribution in [0.3, 0.4) is 0 Å². The van der Waals surface area contributed by atoms with Crippen molar-refractivity contribution in [1.29, 1.82) is 0 Å². The molecule has 26 heavy (non-hydrogen) atoms. The number of halogens is 1. The molecule has 2 rings (SSSR count). The van der Waals surface area contributed by atoms with Crippen molar-refractivity contribution in [3.05, 3.63) is 41.9 Å². The molecule has 2 aromatic rings. The van der Waals surface area contributed by atoms with Crippen LogP contribution in [0.5, 0.6) is 0 Å². The van der Waals surface area contributed by atoms with E-state index in [-0.39, 0.29) is 5.91 Å². The van der Waals surface area contributed by atoms with Gasteiger partial charge in [0.2, 0.25) is 5.91 Å². The Morgan fingerprint density at radius 1 is 1.38 bits per heavy atom. The van der Waals surface area contributed by atoms with Crippen LogP contribution >= 0.6 is 23.4 Å². The SMILES string of the molecule is C=CCn1c(SCC(=O)N(C)CCCOC)nnc1-c1ccc(Cl)cc1. The van der Waals surface area contributed by atoms with Gasteiger partial charge in [-0.1, -0.05) is 29.4 Å². The zero-order chi connectivity index (χ0) is 18.9. The van der Waals surface area contributed by atoms with Crippen LogP contribution in [0, 0.1) is 0 Å². The molecule has 0 fully saturated rings. The summed E-state index contributed by atoms with van der Waals surface area (Å²) in [5.74, 6) is 1.08. The van der Waals surface area contributed by atoms with Crippen molar-refractivity contribution in [3.8, 4) is 11.4 Å². The maximum atomic E-state index is 12.3. The maximum absolute atomic E-state index is 12.3. The van der Waals surface area contributed by atoms with Crippen LogP contribution < -0.4 is 0 Å². The highest BCUT2D eigenvalue weighted by Crippen LogP contribution is 2.25. The third-order valence-electron chi connectivity index (χ3n) is 3.72. The highest BCUT2D eigenvalue weighted by atomic mass is 35.5. The highest BCUT2D eigenvalue weighted by molar-refractivity contribution is 7.99. The highest BCUT2D eigenvalue weighted by Gasteiger charge is 2.16. The standard InChI is InChI=1S/C18H23ClN4O2S/c1-4-10-23-17(14-6-8-15(19)9-7-14)20-21-18(23)26-13-16(24)22(2)11-5-12-25-3/h4,6-9H,1,5,10-13H2,2-3H3. The van der Waals surface area contributed by atoms with E-state index in [4.69, 9.17) is 16.3 Å². The van der Waals surface area contributed by atoms with Crippen LogP contribution in [0.4, 0.5) is 0 Å². The number of carbonyl (C=O) groups excluding carboxylic acids is 1. The summed E-state index contributed by atoms with van der Waals surface area (Å²) < 4.78 is 6.96. The largest absolute Gasteiger partial charge is 0.385 e. The molecular formula is C18H23ClN4O2S. The second-order valence-electron chi connectivity index (χ2n) is 5.66. The van der Waals surface area contributed by atoms with Crippen molar-refractivity contribution < 1.29 is 9.53 Å². The molecule has 0 bridgehead atoms. The van der Waals surface area contributed by atoms with Gasteiger partial charge in [-0.3, -0.25) is 9.36 Å². The molecule has 0 aliphatic rings. The van der Waals surface area contributed by atoms with Crippen LogP contribution in [-0.2, 0) is 16.1 Å². The van der Waals surface area contributed by atoms with Crippen LogP contribution in [-0.4, -0.2) is 58.6 Å². The van der Waals surface area contributed by atoms with Gasteiger partial charge in [-0.25, -0.2) is 0 Å². The first-order valence-electron chi connectivity index (χ1n) is 8.22. The lowest BCUT2D eigenvalue weighted by atomic mass is 10.2. The lowest BCUT2D eigenvalue weighted by Crippen LogP contribution is -2.30. The van der Waals surface area contributed by atoms with Gasteiger partial charge in [-0.2, -0.15) is 0 Å². The van der Waals surface area contributed by atoms with E-state index in [1.54, 1.807) is 25.1 Å². The molecule has 0 aliphatic carbocycles. The van der Waals surface area contributed by atoms with Crippen molar-refractivity contribution in [2.75, 3.05) is 33.1 Å². The normalized spacial score (nSPS) is 10.7. The Hall–Kier alpha value is -1.83. The van der Waals surface area contributed by atoms with Gasteiger partial charge >= 0.3 is 0 Å². The Labute approximate surface area is 163 Å². The van der Waals surface area contributed by atoms with Crippen LogP contribution in [0.25, 0.3) is 11.4 Å². The number of benzene rings is 1. The Kier molecular flexibility index (Phi) is 8.15. The van der Waals surface area contributed by atoms with E-state index in [1.165, 1.54) is 11.8 Å². The van der Waals surface area contributed by atoms with E-state index in [0.29, 0.717) is 35.6 Å². The van der Waals surface area contributed by atoms with Gasteiger partial charge in [-0.15, -0.1) is 16.8 Å². The van der Waals surface area contributed by atoms with Crippen LogP contribution in [0.2, 0.25) is 5.02 Å². The molecule has 0 aliphatic heterocycles. The molecule has 6 nitrogen and oxygen atoms in total. The number of allylic oxidation sites excluding steroid dienone is 1. The molecular weight excluding hydrogens is 372 g/mol. The number of carbonyl (C=O) groups is 1. The summed E-state index contributed by atoms with van der Waals surface area (Å²) in [6, 6.07) is 7.43. The monoisotopic (exact) mass is 394 g/mol. The number of ether oxygens (including phenoxy) is 1. The summed E-state index contributed by atoms with van der Waals surface area (Å²) in [5.41, 5.74) is 0.915. The molecule has 8 heteroatoms. The van der Waals surface area contributed by atoms with Gasteiger partial charge in [0.1, 0.15) is 0 Å². The lowest BCUT2D eigenvalue weighted by Gasteiger charge is -2.16. The number of methoxy groups -OCH3 is 1. The van der Waals surface area contributed by atoms with E-state index in [0.717, 1.165) is 17.8 Å². The number of rotatable bonds is 10. The van der Waals surface area contributed by atoms with Crippen molar-refractivity contribution in [2.24, 2.45) is 0 Å². The van der Waals surface area contributed by atoms with Gasteiger partial charge in [-0.05, 0) is 30.7 Å². The Balaban J connectivity index is 2.06. The third kappa shape index (κ3) is 5.59. The minimum absolute atomic E-state index is 0.0484. The molecule has 0 N–H and O–H groups in total. The number of amides is 1. The number of hydrogen-bond acceptors (Lipinski definition) is 5. The number of thioether (sulfide) groups is 1. The zero-order valence-electron chi connectivity index (χ0n) is 15.0. The fourth-order valence-corrected chi connectivity index (χ4v) is 3.32. The molecule has 0 saturated heterocycles. The smallest absolute Gasteiger partial charge is 0.232 e. The summed E-state index contributed by atoms with van der Waals surface area (Å²) in [5, 5.41) is 9.88. The van der Waals surface area contributed by atoms with Crippen molar-refractivity contribution in [1.82, 2.24) is 19.7 Å². The van der Waals surface area contributed by atoms with Gasteiger partial charge in [0.05, 0.1) is 5.75 Å². The molecule has 0 radical (unpaired) electrons. The zero-order valence-corrected chi connectivity index (χ0v) is 16.6. The predicted molar refractivity (Wildman–Crippen MR) is 106 cm³/mol. The van der Waals surface area contributed by atoms with Gasteiger partial charge in [0, 0.05) is 44.4 Å². The van der Waals surface area contributed by atoms with E-state index in [9.17, 15) is 4.79 Å². The van der Waals surface area contributed by atoms with Gasteiger partial charge < -0.3 is 9.64 Å². The molecule has 0 atom stereocenters. The summed E-state index contributed by atoms with van der Waals surface area (Å²) in [4.78, 5) is 14.0. The second-order valence-corrected chi connectivity index (χ2v) is 7.04. The number of hydrogen-bond donors (Lipinski definition) is 0. The van der Waals surface area contributed by atoms with E-state index in [2.05, 4.69) is 16.8 Å². The minimum Gasteiger partial charge on any atom is -0.385 e. The molecule has 1 aromatic carbocycles. The Morgan fingerprint density at radius 2 is 2.12 bits per heavy atom. The molecule has 140 valence electrons. The van der Waals surface area contributed by atoms with Crippen molar-refractivity contribution in [3.63, 3.8) is 0 Å². The minimum atomic E-state index is 0.0484. The first kappa shape index (κ1) is 20.5. The molecule has 0 saturated carbocycles.